The molecule has 0 aromatic heterocycles. The molecule has 0 bridgehead atoms. The van der Waals surface area contributed by atoms with Crippen molar-refractivity contribution in [1.29, 1.82) is 0 Å². The molecule has 31 heavy (non-hydrogen) atoms. The van der Waals surface area contributed by atoms with Crippen LogP contribution in [0.3, 0.4) is 0 Å². The van der Waals surface area contributed by atoms with Crippen molar-refractivity contribution in [3.63, 3.8) is 0 Å². The van der Waals surface area contributed by atoms with Gasteiger partial charge >= 0.3 is 6.03 Å². The molecule has 6 heteroatoms. The van der Waals surface area contributed by atoms with Crippen LogP contribution in [-0.4, -0.2) is 59.1 Å². The molecule has 1 aromatic carbocycles. The van der Waals surface area contributed by atoms with Gasteiger partial charge in [0.2, 0.25) is 0 Å². The van der Waals surface area contributed by atoms with E-state index in [1.165, 1.54) is 32.1 Å². The molecule has 1 spiro atoms. The second kappa shape index (κ2) is 8.81. The Balaban J connectivity index is 1.16. The van der Waals surface area contributed by atoms with Crippen LogP contribution in [0.25, 0.3) is 0 Å². The van der Waals surface area contributed by atoms with Gasteiger partial charge in [-0.2, -0.15) is 0 Å². The summed E-state index contributed by atoms with van der Waals surface area (Å²) in [5.41, 5.74) is 1.03. The van der Waals surface area contributed by atoms with Crippen LogP contribution in [0.5, 0.6) is 0 Å². The summed E-state index contributed by atoms with van der Waals surface area (Å²) in [6.07, 6.45) is 9.80. The van der Waals surface area contributed by atoms with Gasteiger partial charge in [0.15, 0.2) is 6.10 Å². The summed E-state index contributed by atoms with van der Waals surface area (Å²) >= 11 is 0. The monoisotopic (exact) mass is 425 g/mol. The number of ether oxygens (including phenoxy) is 1. The zero-order valence-corrected chi connectivity index (χ0v) is 18.4. The molecular weight excluding hydrogens is 390 g/mol. The Morgan fingerprint density at radius 2 is 1.74 bits per heavy atom. The van der Waals surface area contributed by atoms with Crippen molar-refractivity contribution in [3.8, 4) is 0 Å². The highest BCUT2D eigenvalue weighted by atomic mass is 16.5. The van der Waals surface area contributed by atoms with Gasteiger partial charge < -0.3 is 19.9 Å². The molecule has 3 amide bonds. The Kier molecular flexibility index (Phi) is 5.91. The second-order valence-corrected chi connectivity index (χ2v) is 9.89. The summed E-state index contributed by atoms with van der Waals surface area (Å²) in [6.45, 7) is 2.72. The molecule has 4 aliphatic rings. The Morgan fingerprint density at radius 1 is 1.03 bits per heavy atom. The Bertz CT molecular complexity index is 780. The molecule has 0 radical (unpaired) electrons. The number of amides is 3. The minimum atomic E-state index is -0.222. The van der Waals surface area contributed by atoms with Gasteiger partial charge in [-0.1, -0.05) is 49.6 Å². The summed E-state index contributed by atoms with van der Waals surface area (Å²) in [5, 5.41) is 3.03. The van der Waals surface area contributed by atoms with Crippen LogP contribution in [0, 0.1) is 5.92 Å². The van der Waals surface area contributed by atoms with Gasteiger partial charge in [-0.3, -0.25) is 4.79 Å². The topological polar surface area (TPSA) is 61.9 Å². The third-order valence-electron chi connectivity index (χ3n) is 7.75. The van der Waals surface area contributed by atoms with E-state index in [1.807, 2.05) is 35.2 Å². The number of carbonyl (C=O) groups is 2. The first-order valence-corrected chi connectivity index (χ1v) is 12.2. The summed E-state index contributed by atoms with van der Waals surface area (Å²) in [5.74, 6) is 0.884. The van der Waals surface area contributed by atoms with E-state index >= 15 is 0 Å². The third-order valence-corrected chi connectivity index (χ3v) is 7.75. The molecule has 2 saturated carbocycles. The zero-order valence-electron chi connectivity index (χ0n) is 18.4. The standard InChI is InChI=1S/C25H35N3O3/c29-23-22(31-18-20-9-10-20)25(13-5-2-6-14-25)28(23)21-11-15-27(16-12-21)24(30)26-17-19-7-3-1-4-8-19/h1,3-4,7-8,20-22H,2,5-6,9-18H2,(H,26,30). The fraction of sp³-hybridized carbons (Fsp3) is 0.680. The number of nitrogens with zero attached hydrogens (tertiary/aromatic N) is 2. The molecule has 1 aromatic rings. The highest BCUT2D eigenvalue weighted by molar-refractivity contribution is 5.91. The molecule has 168 valence electrons. The van der Waals surface area contributed by atoms with E-state index in [2.05, 4.69) is 10.2 Å². The van der Waals surface area contributed by atoms with E-state index in [4.69, 9.17) is 4.74 Å². The average molecular weight is 426 g/mol. The molecule has 5 rings (SSSR count). The Labute approximate surface area is 185 Å². The lowest BCUT2D eigenvalue weighted by Crippen LogP contribution is -2.78. The lowest BCUT2D eigenvalue weighted by atomic mass is 9.68. The second-order valence-electron chi connectivity index (χ2n) is 9.89. The predicted octanol–water partition coefficient (Wildman–Crippen LogP) is 3.70. The lowest BCUT2D eigenvalue weighted by Gasteiger charge is -2.62. The Morgan fingerprint density at radius 3 is 2.42 bits per heavy atom. The maximum atomic E-state index is 13.2. The van der Waals surface area contributed by atoms with Crippen molar-refractivity contribution < 1.29 is 14.3 Å². The number of nitrogens with one attached hydrogen (secondary N) is 1. The van der Waals surface area contributed by atoms with Gasteiger partial charge in [0.05, 0.1) is 12.1 Å². The van der Waals surface area contributed by atoms with E-state index in [0.29, 0.717) is 25.6 Å². The van der Waals surface area contributed by atoms with Crippen molar-refractivity contribution in [3.05, 3.63) is 35.9 Å². The quantitative estimate of drug-likeness (QED) is 0.707. The van der Waals surface area contributed by atoms with E-state index < -0.39 is 0 Å². The predicted molar refractivity (Wildman–Crippen MR) is 118 cm³/mol. The number of urea groups is 1. The zero-order chi connectivity index (χ0) is 21.3. The lowest BCUT2D eigenvalue weighted by molar-refractivity contribution is -0.211. The van der Waals surface area contributed by atoms with Crippen LogP contribution in [-0.2, 0) is 16.1 Å². The first-order chi connectivity index (χ1) is 15.2. The number of carbonyl (C=O) groups excluding carboxylic acids is 2. The molecule has 2 heterocycles. The molecule has 1 atom stereocenters. The largest absolute Gasteiger partial charge is 0.366 e. The first kappa shape index (κ1) is 20.8. The van der Waals surface area contributed by atoms with Crippen LogP contribution in [0.15, 0.2) is 30.3 Å². The third kappa shape index (κ3) is 4.19. The van der Waals surface area contributed by atoms with Gasteiger partial charge in [0.1, 0.15) is 0 Å². The molecular formula is C25H35N3O3. The molecule has 6 nitrogen and oxygen atoms in total. The van der Waals surface area contributed by atoms with Gasteiger partial charge in [-0.05, 0) is 50.0 Å². The average Bonchev–Trinajstić information content (AvgIpc) is 3.64. The fourth-order valence-corrected chi connectivity index (χ4v) is 5.80. The molecule has 1 N–H and O–H groups in total. The molecule has 2 saturated heterocycles. The van der Waals surface area contributed by atoms with E-state index in [-0.39, 0.29) is 29.6 Å². The maximum Gasteiger partial charge on any atom is 0.317 e. The Hall–Kier alpha value is -2.08. The first-order valence-electron chi connectivity index (χ1n) is 12.2. The van der Waals surface area contributed by atoms with Crippen molar-refractivity contribution in [1.82, 2.24) is 15.1 Å². The van der Waals surface area contributed by atoms with Crippen LogP contribution < -0.4 is 5.32 Å². The minimum Gasteiger partial charge on any atom is -0.366 e. The number of likely N-dealkylation sites (tertiary alicyclic amines) is 2. The minimum absolute atomic E-state index is 0.00439. The summed E-state index contributed by atoms with van der Waals surface area (Å²) in [4.78, 5) is 29.9. The van der Waals surface area contributed by atoms with E-state index in [0.717, 1.165) is 37.9 Å². The van der Waals surface area contributed by atoms with Crippen molar-refractivity contribution >= 4 is 11.9 Å². The highest BCUT2D eigenvalue weighted by Crippen LogP contribution is 2.48. The smallest absolute Gasteiger partial charge is 0.317 e. The normalized spacial score (nSPS) is 26.1. The number of hydrogen-bond acceptors (Lipinski definition) is 3. The molecule has 1 unspecified atom stereocenters. The number of β-lactam (4-membered cyclic amide) rings is 1. The number of hydrogen-bond donors (Lipinski definition) is 1. The summed E-state index contributed by atoms with van der Waals surface area (Å²) in [6, 6.07) is 10.2. The SMILES string of the molecule is O=C(NCc1ccccc1)N1CCC(N2C(=O)C(OCC3CC3)C23CCCCC3)CC1. The molecule has 2 aliphatic heterocycles. The van der Waals surface area contributed by atoms with Crippen LogP contribution in [0.2, 0.25) is 0 Å². The number of rotatable bonds is 6. The number of benzene rings is 1. The number of piperidine rings is 1. The van der Waals surface area contributed by atoms with Gasteiger partial charge in [-0.15, -0.1) is 0 Å². The van der Waals surface area contributed by atoms with Crippen LogP contribution in [0.4, 0.5) is 4.79 Å². The van der Waals surface area contributed by atoms with Gasteiger partial charge in [-0.25, -0.2) is 4.79 Å². The highest BCUT2D eigenvalue weighted by Gasteiger charge is 2.62. The molecule has 2 aliphatic carbocycles. The summed E-state index contributed by atoms with van der Waals surface area (Å²) < 4.78 is 6.20. The van der Waals surface area contributed by atoms with Crippen molar-refractivity contribution in [2.24, 2.45) is 5.92 Å². The molecule has 4 fully saturated rings. The van der Waals surface area contributed by atoms with Crippen LogP contribution in [0.1, 0.15) is 63.4 Å². The van der Waals surface area contributed by atoms with E-state index in [9.17, 15) is 9.59 Å². The van der Waals surface area contributed by atoms with Crippen molar-refractivity contribution in [2.45, 2.75) is 82.0 Å². The fourth-order valence-electron chi connectivity index (χ4n) is 5.80. The maximum absolute atomic E-state index is 13.2. The van der Waals surface area contributed by atoms with Gasteiger partial charge in [0.25, 0.3) is 5.91 Å². The summed E-state index contributed by atoms with van der Waals surface area (Å²) in [7, 11) is 0. The van der Waals surface area contributed by atoms with Crippen LogP contribution >= 0.6 is 0 Å². The van der Waals surface area contributed by atoms with E-state index in [1.54, 1.807) is 0 Å². The van der Waals surface area contributed by atoms with Crippen molar-refractivity contribution in [2.75, 3.05) is 19.7 Å². The van der Waals surface area contributed by atoms with Gasteiger partial charge in [0, 0.05) is 25.7 Å².